The number of benzene rings is 2. The third-order valence-corrected chi connectivity index (χ3v) is 2.93. The lowest BCUT2D eigenvalue weighted by Gasteiger charge is -2.06. The second-order valence-electron chi connectivity index (χ2n) is 3.62. The Morgan fingerprint density at radius 3 is 2.41 bits per heavy atom. The summed E-state index contributed by atoms with van der Waals surface area (Å²) >= 11 is 3.39. The minimum absolute atomic E-state index is 0.128. The van der Waals surface area contributed by atoms with Gasteiger partial charge in [0.15, 0.2) is 0 Å². The average Bonchev–Trinajstić information content (AvgIpc) is 2.28. The maximum Gasteiger partial charge on any atom is 0.337 e. The summed E-state index contributed by atoms with van der Waals surface area (Å²) in [6.07, 6.45) is 0. The molecule has 2 rings (SSSR count). The number of hydrogen-bond acceptors (Lipinski definition) is 2. The van der Waals surface area contributed by atoms with E-state index in [9.17, 15) is 4.79 Å². The zero-order valence-electron chi connectivity index (χ0n) is 8.85. The number of halogens is 1. The van der Waals surface area contributed by atoms with E-state index in [4.69, 9.17) is 10.8 Å². The first-order chi connectivity index (χ1) is 8.08. The molecule has 0 atom stereocenters. The van der Waals surface area contributed by atoms with E-state index in [1.807, 2.05) is 24.3 Å². The lowest BCUT2D eigenvalue weighted by Crippen LogP contribution is -2.02. The van der Waals surface area contributed by atoms with Gasteiger partial charge in [-0.25, -0.2) is 4.79 Å². The predicted molar refractivity (Wildman–Crippen MR) is 70.9 cm³/mol. The van der Waals surface area contributed by atoms with Crippen molar-refractivity contribution in [3.8, 4) is 11.1 Å². The number of carbonyl (C=O) groups is 1. The summed E-state index contributed by atoms with van der Waals surface area (Å²) in [6, 6.07) is 12.7. The average molecular weight is 292 g/mol. The number of aromatic carboxylic acids is 1. The fourth-order valence-corrected chi connectivity index (χ4v) is 2.00. The van der Waals surface area contributed by atoms with Crippen LogP contribution in [-0.2, 0) is 0 Å². The topological polar surface area (TPSA) is 63.3 Å². The normalized spacial score (nSPS) is 10.2. The summed E-state index contributed by atoms with van der Waals surface area (Å²) < 4.78 is 0.968. The van der Waals surface area contributed by atoms with Gasteiger partial charge in [-0.05, 0) is 35.4 Å². The Bertz CT molecular complexity index is 581. The van der Waals surface area contributed by atoms with Crippen molar-refractivity contribution >= 4 is 27.6 Å². The van der Waals surface area contributed by atoms with E-state index in [1.165, 1.54) is 6.07 Å². The smallest absolute Gasteiger partial charge is 0.337 e. The van der Waals surface area contributed by atoms with Gasteiger partial charge >= 0.3 is 5.97 Å². The van der Waals surface area contributed by atoms with Crippen molar-refractivity contribution in [2.45, 2.75) is 0 Å². The van der Waals surface area contributed by atoms with Crippen LogP contribution in [0.3, 0.4) is 0 Å². The molecule has 0 bridgehead atoms. The van der Waals surface area contributed by atoms with Gasteiger partial charge in [0.05, 0.1) is 5.56 Å². The van der Waals surface area contributed by atoms with Crippen molar-refractivity contribution in [1.29, 1.82) is 0 Å². The van der Waals surface area contributed by atoms with E-state index in [-0.39, 0.29) is 11.3 Å². The maximum atomic E-state index is 10.8. The van der Waals surface area contributed by atoms with E-state index in [0.29, 0.717) is 0 Å². The Labute approximate surface area is 107 Å². The van der Waals surface area contributed by atoms with Crippen molar-refractivity contribution in [2.24, 2.45) is 0 Å². The summed E-state index contributed by atoms with van der Waals surface area (Å²) in [4.78, 5) is 10.8. The van der Waals surface area contributed by atoms with Crippen LogP contribution in [0.2, 0.25) is 0 Å². The SMILES string of the molecule is Nc1cc(-c2cccc(Br)c2)ccc1C(=O)O. The third kappa shape index (κ3) is 2.47. The van der Waals surface area contributed by atoms with Crippen molar-refractivity contribution in [3.05, 3.63) is 52.5 Å². The highest BCUT2D eigenvalue weighted by atomic mass is 79.9. The van der Waals surface area contributed by atoms with Gasteiger partial charge in [-0.2, -0.15) is 0 Å². The minimum atomic E-state index is -1.01. The van der Waals surface area contributed by atoms with Gasteiger partial charge in [-0.15, -0.1) is 0 Å². The molecule has 0 aliphatic heterocycles. The Hall–Kier alpha value is -1.81. The molecule has 0 saturated carbocycles. The van der Waals surface area contributed by atoms with Gasteiger partial charge in [0.25, 0.3) is 0 Å². The molecule has 0 amide bonds. The van der Waals surface area contributed by atoms with Crippen molar-refractivity contribution in [2.75, 3.05) is 5.73 Å². The zero-order chi connectivity index (χ0) is 12.4. The molecule has 0 aliphatic rings. The molecule has 0 fully saturated rings. The molecule has 2 aromatic carbocycles. The predicted octanol–water partition coefficient (Wildman–Crippen LogP) is 3.40. The highest BCUT2D eigenvalue weighted by molar-refractivity contribution is 9.10. The fourth-order valence-electron chi connectivity index (χ4n) is 1.61. The molecule has 3 N–H and O–H groups in total. The quantitative estimate of drug-likeness (QED) is 0.834. The third-order valence-electron chi connectivity index (χ3n) is 2.44. The van der Waals surface area contributed by atoms with Gasteiger partial charge in [-0.1, -0.05) is 34.1 Å². The summed E-state index contributed by atoms with van der Waals surface area (Å²) in [5, 5.41) is 8.88. The van der Waals surface area contributed by atoms with Crippen LogP contribution in [0.4, 0.5) is 5.69 Å². The van der Waals surface area contributed by atoms with E-state index in [1.54, 1.807) is 12.1 Å². The van der Waals surface area contributed by atoms with E-state index < -0.39 is 5.97 Å². The van der Waals surface area contributed by atoms with Gasteiger partial charge in [-0.3, -0.25) is 0 Å². The van der Waals surface area contributed by atoms with Crippen LogP contribution < -0.4 is 5.73 Å². The second-order valence-corrected chi connectivity index (χ2v) is 4.53. The van der Waals surface area contributed by atoms with Gasteiger partial charge in [0, 0.05) is 10.2 Å². The van der Waals surface area contributed by atoms with E-state index in [2.05, 4.69) is 15.9 Å². The molecule has 17 heavy (non-hydrogen) atoms. The van der Waals surface area contributed by atoms with Gasteiger partial charge < -0.3 is 10.8 Å². The van der Waals surface area contributed by atoms with Crippen LogP contribution >= 0.6 is 15.9 Å². The highest BCUT2D eigenvalue weighted by Gasteiger charge is 2.08. The Balaban J connectivity index is 2.48. The molecule has 0 spiro atoms. The van der Waals surface area contributed by atoms with Crippen molar-refractivity contribution < 1.29 is 9.90 Å². The molecular weight excluding hydrogens is 282 g/mol. The van der Waals surface area contributed by atoms with Crippen LogP contribution in [-0.4, -0.2) is 11.1 Å². The summed E-state index contributed by atoms with van der Waals surface area (Å²) in [7, 11) is 0. The minimum Gasteiger partial charge on any atom is -0.478 e. The molecule has 0 radical (unpaired) electrons. The first kappa shape index (κ1) is 11.7. The molecule has 0 aromatic heterocycles. The number of nitrogens with two attached hydrogens (primary N) is 1. The first-order valence-electron chi connectivity index (χ1n) is 4.96. The highest BCUT2D eigenvalue weighted by Crippen LogP contribution is 2.26. The van der Waals surface area contributed by atoms with Crippen LogP contribution in [0, 0.1) is 0 Å². The van der Waals surface area contributed by atoms with Crippen molar-refractivity contribution in [1.82, 2.24) is 0 Å². The summed E-state index contributed by atoms with van der Waals surface area (Å²) in [6.45, 7) is 0. The number of hydrogen-bond donors (Lipinski definition) is 2. The number of anilines is 1. The molecule has 2 aromatic rings. The first-order valence-corrected chi connectivity index (χ1v) is 5.76. The molecule has 0 unspecified atom stereocenters. The van der Waals surface area contributed by atoms with Gasteiger partial charge in [0.1, 0.15) is 0 Å². The van der Waals surface area contributed by atoms with Crippen LogP contribution in [0.15, 0.2) is 46.9 Å². The van der Waals surface area contributed by atoms with Crippen LogP contribution in [0.5, 0.6) is 0 Å². The van der Waals surface area contributed by atoms with Crippen LogP contribution in [0.1, 0.15) is 10.4 Å². The van der Waals surface area contributed by atoms with E-state index >= 15 is 0 Å². The Morgan fingerprint density at radius 2 is 1.82 bits per heavy atom. The lowest BCUT2D eigenvalue weighted by molar-refractivity contribution is 0.0698. The molecule has 0 aliphatic carbocycles. The number of carboxylic acids is 1. The standard InChI is InChI=1S/C13H10BrNO2/c14-10-3-1-2-8(6-10)9-4-5-11(13(16)17)12(15)7-9/h1-7H,15H2,(H,16,17). The molecule has 0 saturated heterocycles. The lowest BCUT2D eigenvalue weighted by atomic mass is 10.0. The van der Waals surface area contributed by atoms with Crippen LogP contribution in [0.25, 0.3) is 11.1 Å². The number of nitrogen functional groups attached to an aromatic ring is 1. The number of rotatable bonds is 2. The molecule has 0 heterocycles. The molecule has 86 valence electrons. The maximum absolute atomic E-state index is 10.8. The zero-order valence-corrected chi connectivity index (χ0v) is 10.4. The van der Waals surface area contributed by atoms with Gasteiger partial charge in [0.2, 0.25) is 0 Å². The fraction of sp³-hybridized carbons (Fsp3) is 0. The number of carboxylic acid groups (broad SMARTS) is 1. The largest absolute Gasteiger partial charge is 0.478 e. The Morgan fingerprint density at radius 1 is 1.12 bits per heavy atom. The monoisotopic (exact) mass is 291 g/mol. The molecule has 3 nitrogen and oxygen atoms in total. The summed E-state index contributed by atoms with van der Waals surface area (Å²) in [5.74, 6) is -1.01. The molecular formula is C13H10BrNO2. The molecule has 4 heteroatoms. The second kappa shape index (κ2) is 4.59. The van der Waals surface area contributed by atoms with Crippen molar-refractivity contribution in [3.63, 3.8) is 0 Å². The van der Waals surface area contributed by atoms with E-state index in [0.717, 1.165) is 15.6 Å². The Kier molecular flexibility index (Phi) is 3.15. The summed E-state index contributed by atoms with van der Waals surface area (Å²) in [5.41, 5.74) is 7.99.